The first-order valence-electron chi connectivity index (χ1n) is 6.09. The molecule has 0 spiro atoms. The van der Waals surface area contributed by atoms with E-state index in [0.717, 1.165) is 11.3 Å². The molecule has 0 fully saturated rings. The number of anilines is 1. The standard InChI is InChI=1S/C15H16N2O2/c1-10-8-14(13(9-16-10)15(18)19)17-11(2)12-6-4-3-5-7-12/h3-9,11H,1-2H3,(H,16,17)(H,18,19). The second-order valence-electron chi connectivity index (χ2n) is 4.45. The van der Waals surface area contributed by atoms with Crippen molar-refractivity contribution in [1.82, 2.24) is 4.98 Å². The van der Waals surface area contributed by atoms with E-state index in [9.17, 15) is 4.79 Å². The number of benzene rings is 1. The molecule has 0 aliphatic rings. The zero-order valence-electron chi connectivity index (χ0n) is 10.9. The van der Waals surface area contributed by atoms with Crippen molar-refractivity contribution in [2.75, 3.05) is 5.32 Å². The Hall–Kier alpha value is -2.36. The lowest BCUT2D eigenvalue weighted by Crippen LogP contribution is -2.11. The quantitative estimate of drug-likeness (QED) is 0.881. The molecule has 1 aromatic heterocycles. The van der Waals surface area contributed by atoms with E-state index in [1.54, 1.807) is 6.07 Å². The molecule has 98 valence electrons. The molecule has 0 amide bonds. The minimum Gasteiger partial charge on any atom is -0.478 e. The number of aromatic carboxylic acids is 1. The highest BCUT2D eigenvalue weighted by atomic mass is 16.4. The van der Waals surface area contributed by atoms with E-state index in [-0.39, 0.29) is 11.6 Å². The van der Waals surface area contributed by atoms with Gasteiger partial charge in [-0.3, -0.25) is 4.98 Å². The molecule has 19 heavy (non-hydrogen) atoms. The Morgan fingerprint density at radius 2 is 2.00 bits per heavy atom. The van der Waals surface area contributed by atoms with Crippen LogP contribution in [0.4, 0.5) is 5.69 Å². The minimum atomic E-state index is -0.977. The predicted molar refractivity (Wildman–Crippen MR) is 74.4 cm³/mol. The van der Waals surface area contributed by atoms with Crippen molar-refractivity contribution in [2.45, 2.75) is 19.9 Å². The lowest BCUT2D eigenvalue weighted by atomic mass is 10.1. The van der Waals surface area contributed by atoms with Crippen molar-refractivity contribution in [3.05, 3.63) is 59.4 Å². The first-order chi connectivity index (χ1) is 9.08. The second kappa shape index (κ2) is 5.52. The van der Waals surface area contributed by atoms with Crippen LogP contribution in [0, 0.1) is 6.92 Å². The fraction of sp³-hybridized carbons (Fsp3) is 0.200. The van der Waals surface area contributed by atoms with Gasteiger partial charge in [-0.15, -0.1) is 0 Å². The smallest absolute Gasteiger partial charge is 0.339 e. The van der Waals surface area contributed by atoms with Crippen LogP contribution in [0.25, 0.3) is 0 Å². The van der Waals surface area contributed by atoms with Crippen molar-refractivity contribution >= 4 is 11.7 Å². The Morgan fingerprint density at radius 3 is 2.63 bits per heavy atom. The number of carboxylic acid groups (broad SMARTS) is 1. The molecule has 1 aromatic carbocycles. The van der Waals surface area contributed by atoms with E-state index >= 15 is 0 Å². The highest BCUT2D eigenvalue weighted by Gasteiger charge is 2.13. The fourth-order valence-electron chi connectivity index (χ4n) is 1.91. The van der Waals surface area contributed by atoms with Crippen molar-refractivity contribution in [3.8, 4) is 0 Å². The molecule has 0 aliphatic carbocycles. The second-order valence-corrected chi connectivity index (χ2v) is 4.45. The lowest BCUT2D eigenvalue weighted by molar-refractivity contribution is 0.0697. The van der Waals surface area contributed by atoms with Crippen molar-refractivity contribution < 1.29 is 9.90 Å². The molecule has 1 atom stereocenters. The molecular weight excluding hydrogens is 240 g/mol. The third-order valence-corrected chi connectivity index (χ3v) is 2.94. The van der Waals surface area contributed by atoms with Gasteiger partial charge in [0.25, 0.3) is 0 Å². The zero-order valence-corrected chi connectivity index (χ0v) is 10.9. The summed E-state index contributed by atoms with van der Waals surface area (Å²) in [5, 5.41) is 12.4. The Bertz CT molecular complexity index is 582. The topological polar surface area (TPSA) is 62.2 Å². The number of hydrogen-bond acceptors (Lipinski definition) is 3. The van der Waals surface area contributed by atoms with Crippen molar-refractivity contribution in [3.63, 3.8) is 0 Å². The highest BCUT2D eigenvalue weighted by molar-refractivity contribution is 5.93. The van der Waals surface area contributed by atoms with Gasteiger partial charge in [0.05, 0.1) is 5.69 Å². The minimum absolute atomic E-state index is 0.0288. The molecule has 1 heterocycles. The maximum absolute atomic E-state index is 11.2. The van der Waals surface area contributed by atoms with Gasteiger partial charge in [0.15, 0.2) is 0 Å². The van der Waals surface area contributed by atoms with Gasteiger partial charge in [-0.25, -0.2) is 4.79 Å². The van der Waals surface area contributed by atoms with Crippen LogP contribution in [0.3, 0.4) is 0 Å². The average Bonchev–Trinajstić information content (AvgIpc) is 2.39. The Balaban J connectivity index is 2.28. The van der Waals surface area contributed by atoms with Gasteiger partial charge in [-0.1, -0.05) is 30.3 Å². The maximum Gasteiger partial charge on any atom is 0.339 e. The van der Waals surface area contributed by atoms with Gasteiger partial charge in [-0.2, -0.15) is 0 Å². The number of aromatic nitrogens is 1. The SMILES string of the molecule is Cc1cc(NC(C)c2ccccc2)c(C(=O)O)cn1. The summed E-state index contributed by atoms with van der Waals surface area (Å²) in [6, 6.07) is 11.7. The summed E-state index contributed by atoms with van der Waals surface area (Å²) in [4.78, 5) is 15.2. The Kier molecular flexibility index (Phi) is 3.80. The van der Waals surface area contributed by atoms with Gasteiger partial charge in [0.2, 0.25) is 0 Å². The van der Waals surface area contributed by atoms with E-state index in [1.165, 1.54) is 6.20 Å². The third kappa shape index (κ3) is 3.10. The van der Waals surface area contributed by atoms with Crippen molar-refractivity contribution in [2.24, 2.45) is 0 Å². The number of carboxylic acids is 1. The van der Waals surface area contributed by atoms with Crippen LogP contribution in [-0.4, -0.2) is 16.1 Å². The Labute approximate surface area is 112 Å². The van der Waals surface area contributed by atoms with Crippen LogP contribution in [0.2, 0.25) is 0 Å². The zero-order chi connectivity index (χ0) is 13.8. The molecule has 4 nitrogen and oxygen atoms in total. The fourth-order valence-corrected chi connectivity index (χ4v) is 1.91. The summed E-state index contributed by atoms with van der Waals surface area (Å²) < 4.78 is 0. The van der Waals surface area contributed by atoms with Crippen LogP contribution < -0.4 is 5.32 Å². The van der Waals surface area contributed by atoms with Gasteiger partial charge >= 0.3 is 5.97 Å². The van der Waals surface area contributed by atoms with Crippen LogP contribution >= 0.6 is 0 Å². The molecule has 0 bridgehead atoms. The molecular formula is C15H16N2O2. The van der Waals surface area contributed by atoms with Crippen molar-refractivity contribution in [1.29, 1.82) is 0 Å². The molecule has 2 aromatic rings. The third-order valence-electron chi connectivity index (χ3n) is 2.94. The normalized spacial score (nSPS) is 11.9. The number of rotatable bonds is 4. The van der Waals surface area contributed by atoms with Gasteiger partial charge in [0, 0.05) is 17.9 Å². The molecule has 0 saturated carbocycles. The van der Waals surface area contributed by atoms with Crippen LogP contribution in [-0.2, 0) is 0 Å². The summed E-state index contributed by atoms with van der Waals surface area (Å²) in [7, 11) is 0. The first kappa shape index (κ1) is 13.1. The van der Waals surface area contributed by atoms with Crippen LogP contribution in [0.15, 0.2) is 42.6 Å². The number of hydrogen-bond donors (Lipinski definition) is 2. The largest absolute Gasteiger partial charge is 0.478 e. The number of aryl methyl sites for hydroxylation is 1. The molecule has 4 heteroatoms. The Morgan fingerprint density at radius 1 is 1.32 bits per heavy atom. The van der Waals surface area contributed by atoms with E-state index in [4.69, 9.17) is 5.11 Å². The maximum atomic E-state index is 11.2. The van der Waals surface area contributed by atoms with E-state index in [2.05, 4.69) is 10.3 Å². The highest BCUT2D eigenvalue weighted by Crippen LogP contribution is 2.22. The molecule has 1 unspecified atom stereocenters. The monoisotopic (exact) mass is 256 g/mol. The summed E-state index contributed by atoms with van der Waals surface area (Å²) in [6.45, 7) is 3.83. The van der Waals surface area contributed by atoms with E-state index in [0.29, 0.717) is 5.69 Å². The number of nitrogens with zero attached hydrogens (tertiary/aromatic N) is 1. The predicted octanol–water partition coefficient (Wildman–Crippen LogP) is 3.26. The number of nitrogens with one attached hydrogen (secondary N) is 1. The summed E-state index contributed by atoms with van der Waals surface area (Å²) >= 11 is 0. The lowest BCUT2D eigenvalue weighted by Gasteiger charge is -2.17. The molecule has 0 radical (unpaired) electrons. The average molecular weight is 256 g/mol. The van der Waals surface area contributed by atoms with Gasteiger partial charge in [0.1, 0.15) is 5.56 Å². The van der Waals surface area contributed by atoms with E-state index < -0.39 is 5.97 Å². The number of pyridine rings is 1. The first-order valence-corrected chi connectivity index (χ1v) is 6.09. The van der Waals surface area contributed by atoms with Gasteiger partial charge < -0.3 is 10.4 Å². The summed E-state index contributed by atoms with van der Waals surface area (Å²) in [6.07, 6.45) is 1.39. The molecule has 2 N–H and O–H groups in total. The van der Waals surface area contributed by atoms with Gasteiger partial charge in [-0.05, 0) is 25.5 Å². The van der Waals surface area contributed by atoms with Crippen LogP contribution in [0.5, 0.6) is 0 Å². The molecule has 0 aliphatic heterocycles. The molecule has 0 saturated heterocycles. The summed E-state index contributed by atoms with van der Waals surface area (Å²) in [5.74, 6) is -0.977. The molecule has 2 rings (SSSR count). The summed E-state index contributed by atoms with van der Waals surface area (Å²) in [5.41, 5.74) is 2.67. The van der Waals surface area contributed by atoms with Crippen LogP contribution in [0.1, 0.15) is 34.6 Å². The van der Waals surface area contributed by atoms with E-state index in [1.807, 2.05) is 44.2 Å². The number of carbonyl (C=O) groups is 1.